The average molecular weight is 297 g/mol. The zero-order chi connectivity index (χ0) is 14.9. The van der Waals surface area contributed by atoms with E-state index in [1.54, 1.807) is 6.07 Å². The number of nitrogens with zero attached hydrogens (tertiary/aromatic N) is 2. The van der Waals surface area contributed by atoms with Gasteiger partial charge in [-0.15, -0.1) is 0 Å². The number of carbonyl (C=O) groups excluding carboxylic acids is 1. The Hall–Kier alpha value is -1.98. The van der Waals surface area contributed by atoms with Gasteiger partial charge in [0.15, 0.2) is 0 Å². The number of benzene rings is 1. The second kappa shape index (κ2) is 5.19. The van der Waals surface area contributed by atoms with Gasteiger partial charge in [0.2, 0.25) is 15.9 Å². The second-order valence-electron chi connectivity index (χ2n) is 4.40. The van der Waals surface area contributed by atoms with Gasteiger partial charge in [0, 0.05) is 6.54 Å². The monoisotopic (exact) mass is 297 g/mol. The molecule has 1 amide bonds. The van der Waals surface area contributed by atoms with E-state index in [0.717, 1.165) is 16.4 Å². The third-order valence-electron chi connectivity index (χ3n) is 3.21. The van der Waals surface area contributed by atoms with Gasteiger partial charge in [0.1, 0.15) is 28.4 Å². The molecule has 1 heterocycles. The summed E-state index contributed by atoms with van der Waals surface area (Å²) < 4.78 is 39.4. The predicted octanol–water partition coefficient (Wildman–Crippen LogP) is 0.336. The van der Waals surface area contributed by atoms with E-state index in [0.29, 0.717) is 12.8 Å². The summed E-state index contributed by atoms with van der Waals surface area (Å²) in [6.45, 7) is 0.122. The zero-order valence-corrected chi connectivity index (χ0v) is 11.2. The fourth-order valence-electron chi connectivity index (χ4n) is 2.27. The maximum absolute atomic E-state index is 13.5. The third kappa shape index (κ3) is 2.26. The maximum atomic E-state index is 13.5. The van der Waals surface area contributed by atoms with E-state index < -0.39 is 38.2 Å². The molecule has 0 bridgehead atoms. The lowest BCUT2D eigenvalue weighted by Crippen LogP contribution is -2.43. The highest BCUT2D eigenvalue weighted by atomic mass is 32.2. The van der Waals surface area contributed by atoms with Gasteiger partial charge in [-0.2, -0.15) is 9.57 Å². The number of amides is 1. The molecule has 0 aromatic heterocycles. The molecule has 1 aliphatic heterocycles. The molecule has 2 N–H and O–H groups in total. The summed E-state index contributed by atoms with van der Waals surface area (Å²) in [5, 5.41) is 8.92. The van der Waals surface area contributed by atoms with Gasteiger partial charge in [0.05, 0.1) is 0 Å². The number of primary amides is 1. The van der Waals surface area contributed by atoms with Crippen LogP contribution in [0.5, 0.6) is 0 Å². The summed E-state index contributed by atoms with van der Waals surface area (Å²) in [6.07, 6.45) is 0.815. The smallest absolute Gasteiger partial charge is 0.245 e. The van der Waals surface area contributed by atoms with Gasteiger partial charge in [-0.05, 0) is 25.0 Å². The fraction of sp³-hybridized carbons (Fsp3) is 0.333. The molecule has 1 aromatic carbocycles. The number of hydrogen-bond donors (Lipinski definition) is 1. The Kier molecular flexibility index (Phi) is 3.74. The molecular weight excluding hydrogens is 285 g/mol. The van der Waals surface area contributed by atoms with Gasteiger partial charge in [-0.1, -0.05) is 6.07 Å². The summed E-state index contributed by atoms with van der Waals surface area (Å²) in [5.41, 5.74) is 4.63. The molecule has 0 radical (unpaired) electrons. The van der Waals surface area contributed by atoms with Crippen molar-refractivity contribution in [2.75, 3.05) is 6.54 Å². The van der Waals surface area contributed by atoms with Crippen LogP contribution in [0.2, 0.25) is 0 Å². The lowest BCUT2D eigenvalue weighted by atomic mass is 10.2. The van der Waals surface area contributed by atoms with Crippen LogP contribution < -0.4 is 5.73 Å². The highest BCUT2D eigenvalue weighted by Crippen LogP contribution is 2.28. The number of halogens is 1. The van der Waals surface area contributed by atoms with Crippen molar-refractivity contribution in [2.24, 2.45) is 5.73 Å². The van der Waals surface area contributed by atoms with Crippen LogP contribution in [0.25, 0.3) is 0 Å². The first-order valence-electron chi connectivity index (χ1n) is 5.89. The van der Waals surface area contributed by atoms with Crippen molar-refractivity contribution in [1.82, 2.24) is 4.31 Å². The lowest BCUT2D eigenvalue weighted by Gasteiger charge is -2.22. The summed E-state index contributed by atoms with van der Waals surface area (Å²) in [7, 11) is -4.13. The summed E-state index contributed by atoms with van der Waals surface area (Å²) >= 11 is 0. The summed E-state index contributed by atoms with van der Waals surface area (Å²) in [4.78, 5) is 10.9. The highest BCUT2D eigenvalue weighted by Gasteiger charge is 2.39. The molecule has 0 saturated carbocycles. The van der Waals surface area contributed by atoms with E-state index in [-0.39, 0.29) is 6.54 Å². The van der Waals surface area contributed by atoms with Crippen molar-refractivity contribution in [3.8, 4) is 6.07 Å². The number of rotatable bonds is 3. The normalized spacial score (nSPS) is 19.7. The Balaban J connectivity index is 2.54. The molecule has 8 heteroatoms. The third-order valence-corrected chi connectivity index (χ3v) is 5.16. The zero-order valence-electron chi connectivity index (χ0n) is 10.4. The van der Waals surface area contributed by atoms with Crippen LogP contribution in [-0.4, -0.2) is 31.2 Å². The second-order valence-corrected chi connectivity index (χ2v) is 6.26. The van der Waals surface area contributed by atoms with E-state index in [2.05, 4.69) is 0 Å². The molecule has 1 atom stereocenters. The van der Waals surface area contributed by atoms with Crippen molar-refractivity contribution in [3.05, 3.63) is 29.6 Å². The molecule has 1 aliphatic rings. The van der Waals surface area contributed by atoms with Crippen molar-refractivity contribution in [1.29, 1.82) is 5.26 Å². The Morgan fingerprint density at radius 3 is 2.80 bits per heavy atom. The van der Waals surface area contributed by atoms with Crippen LogP contribution in [0.1, 0.15) is 18.4 Å². The number of carbonyl (C=O) groups is 1. The highest BCUT2D eigenvalue weighted by molar-refractivity contribution is 7.89. The van der Waals surface area contributed by atoms with Gasteiger partial charge in [-0.3, -0.25) is 4.79 Å². The van der Waals surface area contributed by atoms with Crippen molar-refractivity contribution in [3.63, 3.8) is 0 Å². The van der Waals surface area contributed by atoms with E-state index in [9.17, 15) is 17.6 Å². The Labute approximate surface area is 115 Å². The van der Waals surface area contributed by atoms with Gasteiger partial charge < -0.3 is 5.73 Å². The minimum atomic E-state index is -4.13. The molecule has 1 unspecified atom stereocenters. The number of hydrogen-bond acceptors (Lipinski definition) is 4. The standard InChI is InChI=1S/C12H12FN3O3S/c13-9-3-1-5-11(8(9)7-14)20(18,19)16-6-2-4-10(16)12(15)17/h1,3,5,10H,2,4,6H2,(H2,15,17). The number of nitriles is 1. The van der Waals surface area contributed by atoms with Crippen LogP contribution in [0, 0.1) is 17.1 Å². The topological polar surface area (TPSA) is 104 Å². The van der Waals surface area contributed by atoms with Crippen LogP contribution in [0.3, 0.4) is 0 Å². The Bertz CT molecular complexity index is 696. The van der Waals surface area contributed by atoms with E-state index >= 15 is 0 Å². The summed E-state index contributed by atoms with van der Waals surface area (Å²) in [5.74, 6) is -1.66. The fourth-order valence-corrected chi connectivity index (χ4v) is 4.08. The van der Waals surface area contributed by atoms with Crippen LogP contribution >= 0.6 is 0 Å². The minimum Gasteiger partial charge on any atom is -0.368 e. The minimum absolute atomic E-state index is 0.122. The van der Waals surface area contributed by atoms with Gasteiger partial charge in [-0.25, -0.2) is 12.8 Å². The van der Waals surface area contributed by atoms with Crippen molar-refractivity contribution < 1.29 is 17.6 Å². The van der Waals surface area contributed by atoms with Crippen LogP contribution in [-0.2, 0) is 14.8 Å². The molecule has 106 valence electrons. The molecule has 6 nitrogen and oxygen atoms in total. The number of nitrogens with two attached hydrogens (primary N) is 1. The average Bonchev–Trinajstić information content (AvgIpc) is 2.88. The van der Waals surface area contributed by atoms with Crippen molar-refractivity contribution in [2.45, 2.75) is 23.8 Å². The molecule has 1 saturated heterocycles. The molecule has 20 heavy (non-hydrogen) atoms. The largest absolute Gasteiger partial charge is 0.368 e. The number of sulfonamides is 1. The quantitative estimate of drug-likeness (QED) is 0.868. The molecule has 0 spiro atoms. The first-order chi connectivity index (χ1) is 9.39. The van der Waals surface area contributed by atoms with Gasteiger partial charge >= 0.3 is 0 Å². The van der Waals surface area contributed by atoms with Crippen LogP contribution in [0.15, 0.2) is 23.1 Å². The molecule has 1 aromatic rings. The van der Waals surface area contributed by atoms with E-state index in [1.165, 1.54) is 6.07 Å². The maximum Gasteiger partial charge on any atom is 0.245 e. The van der Waals surface area contributed by atoms with Gasteiger partial charge in [0.25, 0.3) is 0 Å². The van der Waals surface area contributed by atoms with Crippen LogP contribution in [0.4, 0.5) is 4.39 Å². The summed E-state index contributed by atoms with van der Waals surface area (Å²) in [6, 6.07) is 3.95. The molecular formula is C12H12FN3O3S. The Morgan fingerprint density at radius 2 is 2.20 bits per heavy atom. The Morgan fingerprint density at radius 1 is 1.50 bits per heavy atom. The molecule has 1 fully saturated rings. The first-order valence-corrected chi connectivity index (χ1v) is 7.33. The van der Waals surface area contributed by atoms with E-state index in [4.69, 9.17) is 11.0 Å². The lowest BCUT2D eigenvalue weighted by molar-refractivity contribution is -0.121. The SMILES string of the molecule is N#Cc1c(F)cccc1S(=O)(=O)N1CCCC1C(N)=O. The molecule has 2 rings (SSSR count). The first kappa shape index (κ1) is 14.4. The van der Waals surface area contributed by atoms with E-state index in [1.807, 2.05) is 0 Å². The predicted molar refractivity (Wildman–Crippen MR) is 67.2 cm³/mol. The molecule has 0 aliphatic carbocycles. The van der Waals surface area contributed by atoms with Crippen molar-refractivity contribution >= 4 is 15.9 Å².